The molecule has 0 bridgehead atoms. The molecule has 0 aliphatic carbocycles. The van der Waals surface area contributed by atoms with E-state index in [1.165, 1.54) is 23.7 Å². The van der Waals surface area contributed by atoms with Crippen molar-refractivity contribution < 1.29 is 24.1 Å². The maximum absolute atomic E-state index is 12.1. The Balaban J connectivity index is 1.45. The highest BCUT2D eigenvalue weighted by atomic mass is 16.7. The van der Waals surface area contributed by atoms with Gasteiger partial charge in [0.25, 0.3) is 0 Å². The van der Waals surface area contributed by atoms with Crippen molar-refractivity contribution in [2.24, 2.45) is 0 Å². The summed E-state index contributed by atoms with van der Waals surface area (Å²) in [5, 5.41) is 19.2. The van der Waals surface area contributed by atoms with E-state index in [9.17, 15) is 9.90 Å². The highest BCUT2D eigenvalue weighted by Crippen LogP contribution is 2.39. The molecular formula is C23H27N3O5. The van der Waals surface area contributed by atoms with Crippen LogP contribution in [-0.2, 0) is 9.53 Å². The fraction of sp³-hybridized carbons (Fsp3) is 0.435. The van der Waals surface area contributed by atoms with Crippen molar-refractivity contribution in [3.8, 4) is 22.9 Å². The largest absolute Gasteiger partial charge is 0.505 e. The molecule has 1 aromatic heterocycles. The van der Waals surface area contributed by atoms with Gasteiger partial charge in [0.1, 0.15) is 28.6 Å². The lowest BCUT2D eigenvalue weighted by atomic mass is 10.1. The molecule has 0 spiro atoms. The summed E-state index contributed by atoms with van der Waals surface area (Å²) >= 11 is 0. The first-order chi connectivity index (χ1) is 15.0. The Morgan fingerprint density at radius 1 is 1.10 bits per heavy atom. The Morgan fingerprint density at radius 3 is 2.65 bits per heavy atom. The standard InChI is InChI=1S/C23H27N3O5/c1-3-4-5-6-7-8-23(28)31-15(2)16-9-10-17-18(11-16)25-26(24-17)19-12-21-22(13-20(19)27)30-14-29-21/h9-13,15,27H,3-8,14H2,1-2H3. The molecule has 1 N–H and O–H groups in total. The summed E-state index contributed by atoms with van der Waals surface area (Å²) in [6, 6.07) is 8.68. The van der Waals surface area contributed by atoms with E-state index in [2.05, 4.69) is 17.1 Å². The molecule has 1 unspecified atom stereocenters. The van der Waals surface area contributed by atoms with Crippen LogP contribution in [0.3, 0.4) is 0 Å². The number of benzene rings is 2. The summed E-state index contributed by atoms with van der Waals surface area (Å²) in [5.41, 5.74) is 2.53. The van der Waals surface area contributed by atoms with Crippen molar-refractivity contribution in [1.29, 1.82) is 0 Å². The van der Waals surface area contributed by atoms with Gasteiger partial charge in [-0.1, -0.05) is 38.7 Å². The van der Waals surface area contributed by atoms with Crippen LogP contribution in [0.25, 0.3) is 16.7 Å². The number of ether oxygens (including phenoxy) is 3. The first-order valence-corrected chi connectivity index (χ1v) is 10.7. The smallest absolute Gasteiger partial charge is 0.306 e. The second-order valence-electron chi connectivity index (χ2n) is 7.73. The molecule has 0 amide bonds. The Hall–Kier alpha value is -3.29. The SMILES string of the molecule is CCCCCCCC(=O)OC(C)c1ccc2nn(-c3cc4c(cc3O)OCO4)nc2c1. The number of fused-ring (bicyclic) bond motifs is 2. The Bertz CT molecular complexity index is 1080. The molecule has 0 radical (unpaired) electrons. The first kappa shape index (κ1) is 21.0. The minimum absolute atomic E-state index is 0.00832. The molecule has 4 rings (SSSR count). The van der Waals surface area contributed by atoms with Crippen LogP contribution in [0.2, 0.25) is 0 Å². The van der Waals surface area contributed by atoms with Gasteiger partial charge in [0.2, 0.25) is 6.79 Å². The van der Waals surface area contributed by atoms with Crippen LogP contribution in [0.1, 0.15) is 64.0 Å². The van der Waals surface area contributed by atoms with E-state index in [0.29, 0.717) is 34.6 Å². The maximum Gasteiger partial charge on any atom is 0.306 e. The van der Waals surface area contributed by atoms with Crippen LogP contribution in [0.4, 0.5) is 0 Å². The second kappa shape index (κ2) is 9.24. The van der Waals surface area contributed by atoms with Crippen LogP contribution in [0.5, 0.6) is 17.2 Å². The Morgan fingerprint density at radius 2 is 1.84 bits per heavy atom. The van der Waals surface area contributed by atoms with Gasteiger partial charge in [-0.3, -0.25) is 4.79 Å². The number of aromatic nitrogens is 3. The molecule has 8 nitrogen and oxygen atoms in total. The lowest BCUT2D eigenvalue weighted by Crippen LogP contribution is -2.08. The monoisotopic (exact) mass is 425 g/mol. The fourth-order valence-electron chi connectivity index (χ4n) is 3.57. The average Bonchev–Trinajstić information content (AvgIpc) is 3.38. The number of phenols is 1. The van der Waals surface area contributed by atoms with Crippen molar-refractivity contribution in [1.82, 2.24) is 15.0 Å². The number of nitrogens with zero attached hydrogens (tertiary/aromatic N) is 3. The van der Waals surface area contributed by atoms with Gasteiger partial charge in [0.15, 0.2) is 11.5 Å². The van der Waals surface area contributed by atoms with Crippen molar-refractivity contribution >= 4 is 17.0 Å². The minimum atomic E-state index is -0.378. The van der Waals surface area contributed by atoms with Crippen LogP contribution < -0.4 is 9.47 Å². The molecule has 3 aromatic rings. The predicted molar refractivity (Wildman–Crippen MR) is 115 cm³/mol. The molecule has 0 saturated heterocycles. The van der Waals surface area contributed by atoms with Gasteiger partial charge in [-0.2, -0.15) is 0 Å². The number of rotatable bonds is 9. The Labute approximate surface area is 180 Å². The summed E-state index contributed by atoms with van der Waals surface area (Å²) in [6.07, 6.45) is 5.52. The van der Waals surface area contributed by atoms with Gasteiger partial charge in [0.05, 0.1) is 0 Å². The quantitative estimate of drug-likeness (QED) is 0.388. The number of unbranched alkanes of at least 4 members (excludes halogenated alkanes) is 4. The molecule has 164 valence electrons. The first-order valence-electron chi connectivity index (χ1n) is 10.7. The van der Waals surface area contributed by atoms with Gasteiger partial charge in [-0.05, 0) is 31.0 Å². The number of hydrogen-bond acceptors (Lipinski definition) is 7. The Kier molecular flexibility index (Phi) is 6.25. The zero-order valence-electron chi connectivity index (χ0n) is 17.8. The van der Waals surface area contributed by atoms with Crippen molar-refractivity contribution in [3.05, 3.63) is 35.9 Å². The van der Waals surface area contributed by atoms with E-state index in [0.717, 1.165) is 24.8 Å². The zero-order chi connectivity index (χ0) is 21.8. The third kappa shape index (κ3) is 4.73. The van der Waals surface area contributed by atoms with Crippen molar-refractivity contribution in [3.63, 3.8) is 0 Å². The second-order valence-corrected chi connectivity index (χ2v) is 7.73. The molecule has 31 heavy (non-hydrogen) atoms. The molecule has 2 heterocycles. The predicted octanol–water partition coefficient (Wildman–Crippen LogP) is 4.82. The molecule has 8 heteroatoms. The van der Waals surface area contributed by atoms with E-state index in [1.54, 1.807) is 6.07 Å². The molecule has 1 atom stereocenters. The molecule has 1 aliphatic heterocycles. The highest BCUT2D eigenvalue weighted by Gasteiger charge is 2.20. The minimum Gasteiger partial charge on any atom is -0.505 e. The molecule has 0 fully saturated rings. The van der Waals surface area contributed by atoms with E-state index >= 15 is 0 Å². The third-order valence-corrected chi connectivity index (χ3v) is 5.35. The van der Waals surface area contributed by atoms with E-state index in [1.807, 2.05) is 25.1 Å². The summed E-state index contributed by atoms with van der Waals surface area (Å²) in [7, 11) is 0. The van der Waals surface area contributed by atoms with E-state index < -0.39 is 0 Å². The van der Waals surface area contributed by atoms with Crippen molar-refractivity contribution in [2.45, 2.75) is 58.5 Å². The summed E-state index contributed by atoms with van der Waals surface area (Å²) in [4.78, 5) is 13.5. The van der Waals surface area contributed by atoms with E-state index in [-0.39, 0.29) is 24.6 Å². The fourth-order valence-corrected chi connectivity index (χ4v) is 3.57. The van der Waals surface area contributed by atoms with Crippen LogP contribution >= 0.6 is 0 Å². The highest BCUT2D eigenvalue weighted by molar-refractivity contribution is 5.75. The number of phenolic OH excluding ortho intramolecular Hbond substituents is 1. The normalized spacial score (nSPS) is 13.5. The van der Waals surface area contributed by atoms with Crippen molar-refractivity contribution in [2.75, 3.05) is 6.79 Å². The summed E-state index contributed by atoms with van der Waals surface area (Å²) in [5.74, 6) is 0.829. The van der Waals surface area contributed by atoms with Gasteiger partial charge >= 0.3 is 5.97 Å². The zero-order valence-corrected chi connectivity index (χ0v) is 17.8. The average molecular weight is 425 g/mol. The number of carbonyl (C=O) groups is 1. The number of aromatic hydroxyl groups is 1. The van der Waals surface area contributed by atoms with Crippen LogP contribution in [0, 0.1) is 0 Å². The molecule has 1 aliphatic rings. The topological polar surface area (TPSA) is 95.7 Å². The molecular weight excluding hydrogens is 398 g/mol. The van der Waals surface area contributed by atoms with Crippen LogP contribution in [0.15, 0.2) is 30.3 Å². The van der Waals surface area contributed by atoms with Gasteiger partial charge in [0, 0.05) is 18.6 Å². The third-order valence-electron chi connectivity index (χ3n) is 5.35. The summed E-state index contributed by atoms with van der Waals surface area (Å²) < 4.78 is 16.2. The lowest BCUT2D eigenvalue weighted by molar-refractivity contribution is -0.148. The van der Waals surface area contributed by atoms with Gasteiger partial charge < -0.3 is 19.3 Å². The van der Waals surface area contributed by atoms with Gasteiger partial charge in [-0.25, -0.2) is 0 Å². The van der Waals surface area contributed by atoms with Gasteiger partial charge in [-0.15, -0.1) is 15.0 Å². The van der Waals surface area contributed by atoms with Crippen LogP contribution in [-0.4, -0.2) is 32.9 Å². The molecule has 2 aromatic carbocycles. The number of hydrogen-bond donors (Lipinski definition) is 1. The maximum atomic E-state index is 12.1. The number of esters is 1. The lowest BCUT2D eigenvalue weighted by Gasteiger charge is -2.13. The summed E-state index contributed by atoms with van der Waals surface area (Å²) in [6.45, 7) is 4.14. The van der Waals surface area contributed by atoms with E-state index in [4.69, 9.17) is 14.2 Å². The molecule has 0 saturated carbocycles. The number of carbonyl (C=O) groups excluding carboxylic acids is 1.